The highest BCUT2D eigenvalue weighted by molar-refractivity contribution is 5.35. The lowest BCUT2D eigenvalue weighted by Gasteiger charge is -2.13. The molecule has 0 bridgehead atoms. The first kappa shape index (κ1) is 13.8. The van der Waals surface area contributed by atoms with Gasteiger partial charge in [-0.25, -0.2) is 0 Å². The van der Waals surface area contributed by atoms with Crippen molar-refractivity contribution in [2.45, 2.75) is 25.4 Å². The molecule has 0 atom stereocenters. The third-order valence-corrected chi connectivity index (χ3v) is 2.25. The molecule has 0 heterocycles. The fourth-order valence-corrected chi connectivity index (χ4v) is 1.40. The van der Waals surface area contributed by atoms with Crippen LogP contribution in [-0.2, 0) is 6.18 Å². The number of ether oxygens (including phenoxy) is 1. The first-order valence-electron chi connectivity index (χ1n) is 5.45. The molecule has 1 aromatic rings. The molecule has 1 rings (SSSR count). The molecule has 0 saturated carbocycles. The molecule has 0 unspecified atom stereocenters. The van der Waals surface area contributed by atoms with E-state index in [0.717, 1.165) is 12.5 Å². The van der Waals surface area contributed by atoms with Crippen LogP contribution in [0.25, 0.3) is 0 Å². The van der Waals surface area contributed by atoms with Gasteiger partial charge >= 0.3 is 6.18 Å². The molecule has 2 nitrogen and oxygen atoms in total. The number of hydrogen-bond donors (Lipinski definition) is 1. The van der Waals surface area contributed by atoms with Crippen molar-refractivity contribution in [1.29, 1.82) is 0 Å². The fourth-order valence-electron chi connectivity index (χ4n) is 1.40. The zero-order chi connectivity index (χ0) is 12.7. The van der Waals surface area contributed by atoms with Crippen LogP contribution in [0.4, 0.5) is 13.2 Å². The Labute approximate surface area is 98.0 Å². The highest BCUT2D eigenvalue weighted by Gasteiger charge is 2.33. The Balaban J connectivity index is 2.53. The van der Waals surface area contributed by atoms with Gasteiger partial charge in [0.2, 0.25) is 0 Å². The summed E-state index contributed by atoms with van der Waals surface area (Å²) in [6, 6.07) is 5.16. The Morgan fingerprint density at radius 2 is 1.76 bits per heavy atom. The quantitative estimate of drug-likeness (QED) is 0.783. The molecule has 0 radical (unpaired) electrons. The van der Waals surface area contributed by atoms with Gasteiger partial charge in [0.25, 0.3) is 0 Å². The number of aliphatic hydroxyl groups is 1. The second-order valence-corrected chi connectivity index (χ2v) is 3.63. The number of hydrogen-bond acceptors (Lipinski definition) is 2. The van der Waals surface area contributed by atoms with Crippen molar-refractivity contribution in [2.24, 2.45) is 0 Å². The van der Waals surface area contributed by atoms with E-state index in [-0.39, 0.29) is 19.0 Å². The summed E-state index contributed by atoms with van der Waals surface area (Å²) in [7, 11) is 0. The molecule has 0 aliphatic carbocycles. The molecule has 0 saturated heterocycles. The normalized spacial score (nSPS) is 11.5. The summed E-state index contributed by atoms with van der Waals surface area (Å²) in [5.41, 5.74) is -0.748. The van der Waals surface area contributed by atoms with E-state index in [1.165, 1.54) is 18.2 Å². The first-order valence-corrected chi connectivity index (χ1v) is 5.45. The van der Waals surface area contributed by atoms with Crippen molar-refractivity contribution in [1.82, 2.24) is 0 Å². The summed E-state index contributed by atoms with van der Waals surface area (Å²) in [5.74, 6) is -0.135. The van der Waals surface area contributed by atoms with Crippen molar-refractivity contribution >= 4 is 0 Å². The van der Waals surface area contributed by atoms with E-state index in [2.05, 4.69) is 0 Å². The van der Waals surface area contributed by atoms with Gasteiger partial charge < -0.3 is 9.84 Å². The summed E-state index contributed by atoms with van der Waals surface area (Å²) in [4.78, 5) is 0. The second-order valence-electron chi connectivity index (χ2n) is 3.63. The molecule has 1 N–H and O–H groups in total. The average molecular weight is 248 g/mol. The van der Waals surface area contributed by atoms with Gasteiger partial charge in [-0.05, 0) is 31.4 Å². The first-order chi connectivity index (χ1) is 8.05. The smallest absolute Gasteiger partial charge is 0.419 e. The van der Waals surface area contributed by atoms with Gasteiger partial charge in [-0.3, -0.25) is 0 Å². The molecular formula is C12H15F3O2. The SMILES string of the molecule is OCCCCCOc1ccccc1C(F)(F)F. The molecule has 0 amide bonds. The Bertz CT molecular complexity index is 337. The van der Waals surface area contributed by atoms with E-state index < -0.39 is 11.7 Å². The highest BCUT2D eigenvalue weighted by Crippen LogP contribution is 2.35. The number of alkyl halides is 3. The fraction of sp³-hybridized carbons (Fsp3) is 0.500. The van der Waals surface area contributed by atoms with Crippen LogP contribution in [0.2, 0.25) is 0 Å². The van der Waals surface area contributed by atoms with Gasteiger partial charge in [0.1, 0.15) is 5.75 Å². The van der Waals surface area contributed by atoms with E-state index in [1.807, 2.05) is 0 Å². The van der Waals surface area contributed by atoms with Gasteiger partial charge in [0.05, 0.1) is 12.2 Å². The third-order valence-electron chi connectivity index (χ3n) is 2.25. The topological polar surface area (TPSA) is 29.5 Å². The number of unbranched alkanes of at least 4 members (excludes halogenated alkanes) is 2. The van der Waals surface area contributed by atoms with Crippen molar-refractivity contribution in [3.05, 3.63) is 29.8 Å². The molecule has 1 aromatic carbocycles. The zero-order valence-electron chi connectivity index (χ0n) is 9.33. The number of rotatable bonds is 6. The largest absolute Gasteiger partial charge is 0.493 e. The molecule has 0 aromatic heterocycles. The van der Waals surface area contributed by atoms with E-state index in [1.54, 1.807) is 0 Å². The predicted molar refractivity (Wildman–Crippen MR) is 57.9 cm³/mol. The Morgan fingerprint density at radius 1 is 1.06 bits per heavy atom. The van der Waals surface area contributed by atoms with Crippen molar-refractivity contribution in [3.8, 4) is 5.75 Å². The summed E-state index contributed by atoms with van der Waals surface area (Å²) in [6.45, 7) is 0.326. The monoisotopic (exact) mass is 248 g/mol. The Morgan fingerprint density at radius 3 is 2.41 bits per heavy atom. The van der Waals surface area contributed by atoms with Crippen molar-refractivity contribution in [3.63, 3.8) is 0 Å². The number of halogens is 3. The minimum atomic E-state index is -4.39. The molecule has 0 fully saturated rings. The second kappa shape index (κ2) is 6.49. The maximum atomic E-state index is 12.6. The van der Waals surface area contributed by atoms with Crippen LogP contribution in [0.3, 0.4) is 0 Å². The molecular weight excluding hydrogens is 233 g/mol. The Kier molecular flexibility index (Phi) is 5.28. The minimum Gasteiger partial charge on any atom is -0.493 e. The molecule has 17 heavy (non-hydrogen) atoms. The van der Waals surface area contributed by atoms with Crippen molar-refractivity contribution in [2.75, 3.05) is 13.2 Å². The van der Waals surface area contributed by atoms with E-state index in [9.17, 15) is 13.2 Å². The van der Waals surface area contributed by atoms with E-state index in [4.69, 9.17) is 9.84 Å². The predicted octanol–water partition coefficient (Wildman–Crippen LogP) is 3.25. The lowest BCUT2D eigenvalue weighted by molar-refractivity contribution is -0.138. The van der Waals surface area contributed by atoms with Crippen LogP contribution in [0, 0.1) is 0 Å². The summed E-state index contributed by atoms with van der Waals surface area (Å²) in [6.07, 6.45) is -2.37. The maximum Gasteiger partial charge on any atom is 0.419 e. The zero-order valence-corrected chi connectivity index (χ0v) is 9.33. The minimum absolute atomic E-state index is 0.0964. The van der Waals surface area contributed by atoms with Crippen LogP contribution in [0.5, 0.6) is 5.75 Å². The van der Waals surface area contributed by atoms with Crippen LogP contribution in [0.1, 0.15) is 24.8 Å². The summed E-state index contributed by atoms with van der Waals surface area (Å²) in [5, 5.41) is 8.54. The summed E-state index contributed by atoms with van der Waals surface area (Å²) < 4.78 is 42.8. The van der Waals surface area contributed by atoms with E-state index in [0.29, 0.717) is 12.8 Å². The van der Waals surface area contributed by atoms with Crippen molar-refractivity contribution < 1.29 is 23.0 Å². The van der Waals surface area contributed by atoms with Gasteiger partial charge in [-0.1, -0.05) is 12.1 Å². The highest BCUT2D eigenvalue weighted by atomic mass is 19.4. The molecule has 0 aliphatic heterocycles. The Hall–Kier alpha value is -1.23. The van der Waals surface area contributed by atoms with Gasteiger partial charge in [-0.2, -0.15) is 13.2 Å². The number of benzene rings is 1. The third kappa shape index (κ3) is 4.65. The lowest BCUT2D eigenvalue weighted by atomic mass is 10.2. The standard InChI is InChI=1S/C12H15F3O2/c13-12(14,15)10-6-2-3-7-11(10)17-9-5-1-4-8-16/h2-3,6-7,16H,1,4-5,8-9H2. The van der Waals surface area contributed by atoms with Gasteiger partial charge in [0.15, 0.2) is 0 Å². The lowest BCUT2D eigenvalue weighted by Crippen LogP contribution is -2.09. The van der Waals surface area contributed by atoms with Crippen LogP contribution < -0.4 is 4.74 Å². The molecule has 0 aliphatic rings. The van der Waals surface area contributed by atoms with E-state index >= 15 is 0 Å². The van der Waals surface area contributed by atoms with Gasteiger partial charge in [0, 0.05) is 6.61 Å². The average Bonchev–Trinajstić information content (AvgIpc) is 2.28. The molecule has 96 valence electrons. The number of para-hydroxylation sites is 1. The summed E-state index contributed by atoms with van der Waals surface area (Å²) >= 11 is 0. The van der Waals surface area contributed by atoms with Crippen LogP contribution in [-0.4, -0.2) is 18.3 Å². The van der Waals surface area contributed by atoms with Crippen LogP contribution >= 0.6 is 0 Å². The molecule has 0 spiro atoms. The van der Waals surface area contributed by atoms with Crippen LogP contribution in [0.15, 0.2) is 24.3 Å². The number of aliphatic hydroxyl groups excluding tert-OH is 1. The van der Waals surface area contributed by atoms with Gasteiger partial charge in [-0.15, -0.1) is 0 Å². The maximum absolute atomic E-state index is 12.6. The molecule has 5 heteroatoms.